The molecule has 20 heavy (non-hydrogen) atoms. The minimum absolute atomic E-state index is 0.238. The zero-order valence-electron chi connectivity index (χ0n) is 11.9. The normalized spacial score (nSPS) is 10.6. The van der Waals surface area contributed by atoms with Crippen LogP contribution < -0.4 is 0 Å². The Morgan fingerprint density at radius 3 is 2.45 bits per heavy atom. The molecular formula is C15H16N2O2S. The summed E-state index contributed by atoms with van der Waals surface area (Å²) in [6.45, 7) is 7.56. The molecule has 0 bridgehead atoms. The molecule has 5 heteroatoms. The summed E-state index contributed by atoms with van der Waals surface area (Å²) in [5.74, 6) is -0.965. The summed E-state index contributed by atoms with van der Waals surface area (Å²) in [6.07, 6.45) is 0. The SMILES string of the molecule is Cc1ccc(Sc2nnc(C)c(C)c2C(=O)O)c(C)c1. The van der Waals surface area contributed by atoms with Crippen LogP contribution in [0.3, 0.4) is 0 Å². The highest BCUT2D eigenvalue weighted by Crippen LogP contribution is 2.32. The van der Waals surface area contributed by atoms with Gasteiger partial charge in [-0.15, -0.1) is 5.10 Å². The van der Waals surface area contributed by atoms with Crippen LogP contribution in [0.5, 0.6) is 0 Å². The first kappa shape index (κ1) is 14.5. The predicted octanol–water partition coefficient (Wildman–Crippen LogP) is 3.56. The maximum Gasteiger partial charge on any atom is 0.338 e. The molecule has 0 radical (unpaired) electrons. The van der Waals surface area contributed by atoms with Gasteiger partial charge in [0.15, 0.2) is 0 Å². The second-order valence-corrected chi connectivity index (χ2v) is 5.80. The Bertz CT molecular complexity index is 684. The number of hydrogen-bond acceptors (Lipinski definition) is 4. The number of hydrogen-bond donors (Lipinski definition) is 1. The molecule has 1 aromatic carbocycles. The van der Waals surface area contributed by atoms with E-state index in [1.165, 1.54) is 17.3 Å². The van der Waals surface area contributed by atoms with Crippen molar-refractivity contribution in [2.75, 3.05) is 0 Å². The van der Waals surface area contributed by atoms with Crippen LogP contribution in [0.1, 0.15) is 32.7 Å². The van der Waals surface area contributed by atoms with Crippen molar-refractivity contribution in [1.82, 2.24) is 10.2 Å². The number of benzene rings is 1. The molecule has 0 saturated heterocycles. The zero-order chi connectivity index (χ0) is 14.9. The van der Waals surface area contributed by atoms with Crippen molar-refractivity contribution in [3.05, 3.63) is 46.1 Å². The number of nitrogens with zero attached hydrogens (tertiary/aromatic N) is 2. The van der Waals surface area contributed by atoms with E-state index in [2.05, 4.69) is 16.3 Å². The minimum atomic E-state index is -0.965. The molecule has 1 aromatic heterocycles. The maximum absolute atomic E-state index is 11.4. The van der Waals surface area contributed by atoms with Crippen LogP contribution in [0.25, 0.3) is 0 Å². The third kappa shape index (κ3) is 2.82. The Labute approximate surface area is 122 Å². The first-order valence-corrected chi connectivity index (χ1v) is 7.04. The minimum Gasteiger partial charge on any atom is -0.478 e. The van der Waals surface area contributed by atoms with E-state index in [1.807, 2.05) is 26.0 Å². The van der Waals surface area contributed by atoms with Crippen LogP contribution in [0, 0.1) is 27.7 Å². The molecule has 0 saturated carbocycles. The molecule has 0 fully saturated rings. The summed E-state index contributed by atoms with van der Waals surface area (Å²) in [4.78, 5) is 12.4. The Morgan fingerprint density at radius 1 is 1.15 bits per heavy atom. The lowest BCUT2D eigenvalue weighted by Gasteiger charge is -2.10. The average molecular weight is 288 g/mol. The van der Waals surface area contributed by atoms with E-state index in [-0.39, 0.29) is 5.56 Å². The predicted molar refractivity (Wildman–Crippen MR) is 78.5 cm³/mol. The molecule has 0 aliphatic heterocycles. The molecule has 1 N–H and O–H groups in total. The van der Waals surface area contributed by atoms with Crippen molar-refractivity contribution < 1.29 is 9.90 Å². The molecule has 0 unspecified atom stereocenters. The smallest absolute Gasteiger partial charge is 0.338 e. The summed E-state index contributed by atoms with van der Waals surface area (Å²) in [5.41, 5.74) is 3.83. The third-order valence-corrected chi connectivity index (χ3v) is 4.33. The number of carbonyl (C=O) groups is 1. The molecule has 0 amide bonds. The van der Waals surface area contributed by atoms with Gasteiger partial charge in [-0.3, -0.25) is 0 Å². The van der Waals surface area contributed by atoms with Crippen molar-refractivity contribution in [2.24, 2.45) is 0 Å². The lowest BCUT2D eigenvalue weighted by atomic mass is 10.1. The largest absolute Gasteiger partial charge is 0.478 e. The molecule has 2 rings (SSSR count). The number of carboxylic acid groups (broad SMARTS) is 1. The maximum atomic E-state index is 11.4. The monoisotopic (exact) mass is 288 g/mol. The Morgan fingerprint density at radius 2 is 1.85 bits per heavy atom. The van der Waals surface area contributed by atoms with Gasteiger partial charge in [-0.2, -0.15) is 5.10 Å². The lowest BCUT2D eigenvalue weighted by molar-refractivity contribution is 0.0690. The van der Waals surface area contributed by atoms with Gasteiger partial charge in [0, 0.05) is 4.90 Å². The fourth-order valence-corrected chi connectivity index (χ4v) is 2.92. The quantitative estimate of drug-likeness (QED) is 0.935. The topological polar surface area (TPSA) is 63.1 Å². The highest BCUT2D eigenvalue weighted by Gasteiger charge is 2.19. The first-order valence-electron chi connectivity index (χ1n) is 6.22. The number of rotatable bonds is 3. The number of aryl methyl sites for hydroxylation is 3. The second kappa shape index (κ2) is 5.63. The molecule has 104 valence electrons. The van der Waals surface area contributed by atoms with E-state index in [4.69, 9.17) is 0 Å². The van der Waals surface area contributed by atoms with E-state index in [9.17, 15) is 9.90 Å². The Balaban J connectivity index is 2.48. The van der Waals surface area contributed by atoms with E-state index >= 15 is 0 Å². The molecule has 4 nitrogen and oxygen atoms in total. The van der Waals surface area contributed by atoms with Gasteiger partial charge in [0.05, 0.1) is 11.3 Å². The molecule has 1 heterocycles. The summed E-state index contributed by atoms with van der Waals surface area (Å²) >= 11 is 1.35. The lowest BCUT2D eigenvalue weighted by Crippen LogP contribution is -2.08. The summed E-state index contributed by atoms with van der Waals surface area (Å²) in [5, 5.41) is 17.9. The van der Waals surface area contributed by atoms with Gasteiger partial charge < -0.3 is 5.11 Å². The van der Waals surface area contributed by atoms with Gasteiger partial charge in [-0.1, -0.05) is 29.5 Å². The summed E-state index contributed by atoms with van der Waals surface area (Å²) in [6, 6.07) is 6.05. The van der Waals surface area contributed by atoms with Crippen molar-refractivity contribution in [1.29, 1.82) is 0 Å². The van der Waals surface area contributed by atoms with Gasteiger partial charge >= 0.3 is 5.97 Å². The first-order chi connectivity index (χ1) is 9.40. The molecule has 0 aliphatic rings. The van der Waals surface area contributed by atoms with Crippen LogP contribution >= 0.6 is 11.8 Å². The number of aromatic carboxylic acids is 1. The van der Waals surface area contributed by atoms with Crippen LogP contribution in [-0.4, -0.2) is 21.3 Å². The van der Waals surface area contributed by atoms with E-state index in [1.54, 1.807) is 13.8 Å². The van der Waals surface area contributed by atoms with Gasteiger partial charge in [0.2, 0.25) is 0 Å². The van der Waals surface area contributed by atoms with Crippen LogP contribution in [0.15, 0.2) is 28.1 Å². The zero-order valence-corrected chi connectivity index (χ0v) is 12.7. The number of aromatic nitrogens is 2. The van der Waals surface area contributed by atoms with Gasteiger partial charge in [-0.05, 0) is 44.9 Å². The van der Waals surface area contributed by atoms with Gasteiger partial charge in [0.1, 0.15) is 5.03 Å². The van der Waals surface area contributed by atoms with Crippen LogP contribution in [0.2, 0.25) is 0 Å². The summed E-state index contributed by atoms with van der Waals surface area (Å²) < 4.78 is 0. The number of carboxylic acids is 1. The molecular weight excluding hydrogens is 272 g/mol. The fraction of sp³-hybridized carbons (Fsp3) is 0.267. The fourth-order valence-electron chi connectivity index (χ4n) is 1.93. The molecule has 0 aliphatic carbocycles. The van der Waals surface area contributed by atoms with Crippen molar-refractivity contribution in [3.63, 3.8) is 0 Å². The van der Waals surface area contributed by atoms with E-state index in [0.29, 0.717) is 16.3 Å². The van der Waals surface area contributed by atoms with Crippen LogP contribution in [0.4, 0.5) is 0 Å². The standard InChI is InChI=1S/C15H16N2O2S/c1-8-5-6-12(9(2)7-8)20-14-13(15(18)19)10(3)11(4)16-17-14/h5-7H,1-4H3,(H,18,19). The highest BCUT2D eigenvalue weighted by molar-refractivity contribution is 7.99. The summed E-state index contributed by atoms with van der Waals surface area (Å²) in [7, 11) is 0. The van der Waals surface area contributed by atoms with Crippen molar-refractivity contribution in [2.45, 2.75) is 37.6 Å². The van der Waals surface area contributed by atoms with Gasteiger partial charge in [-0.25, -0.2) is 4.79 Å². The van der Waals surface area contributed by atoms with Crippen molar-refractivity contribution >= 4 is 17.7 Å². The average Bonchev–Trinajstić information content (AvgIpc) is 2.36. The van der Waals surface area contributed by atoms with E-state index < -0.39 is 5.97 Å². The van der Waals surface area contributed by atoms with Crippen molar-refractivity contribution in [3.8, 4) is 0 Å². The molecule has 0 spiro atoms. The Kier molecular flexibility index (Phi) is 4.09. The van der Waals surface area contributed by atoms with E-state index in [0.717, 1.165) is 10.5 Å². The second-order valence-electron chi connectivity index (χ2n) is 4.77. The molecule has 0 atom stereocenters. The molecule has 2 aromatic rings. The van der Waals surface area contributed by atoms with Crippen LogP contribution in [-0.2, 0) is 0 Å². The van der Waals surface area contributed by atoms with Gasteiger partial charge in [0.25, 0.3) is 0 Å². The third-order valence-electron chi connectivity index (χ3n) is 3.17. The highest BCUT2D eigenvalue weighted by atomic mass is 32.2. The Hall–Kier alpha value is -1.88.